The van der Waals surface area contributed by atoms with Gasteiger partial charge in [-0.25, -0.2) is 0 Å². The number of carbonyl (C=O) groups excluding carboxylic acids is 2. The van der Waals surface area contributed by atoms with Crippen molar-refractivity contribution in [3.8, 4) is 0 Å². The van der Waals surface area contributed by atoms with Crippen LogP contribution < -0.4 is 0 Å². The van der Waals surface area contributed by atoms with Gasteiger partial charge in [-0.05, 0) is 12.8 Å². The lowest BCUT2D eigenvalue weighted by Gasteiger charge is -2.40. The SMILES string of the molecule is CCCCCCCCCCCCCCCCCCCCCCCCCCC(=O)OC(COC(=O)CCCCCCCCCCCC)COC1OC(CS(=O)(=O)O)C(O)C(O)C1O. The van der Waals surface area contributed by atoms with Crippen molar-refractivity contribution in [1.82, 2.24) is 0 Å². The van der Waals surface area contributed by atoms with E-state index in [1.807, 2.05) is 0 Å². The molecule has 368 valence electrons. The molecular formula is C49H94O12S. The summed E-state index contributed by atoms with van der Waals surface area (Å²) in [6, 6.07) is 0. The van der Waals surface area contributed by atoms with Gasteiger partial charge in [-0.3, -0.25) is 14.1 Å². The smallest absolute Gasteiger partial charge is 0.306 e. The number of aliphatic hydroxyl groups is 3. The number of rotatable bonds is 44. The Hall–Kier alpha value is -1.35. The molecular weight excluding hydrogens is 813 g/mol. The Balaban J connectivity index is 2.28. The number of unbranched alkanes of at least 4 members (excludes halogenated alkanes) is 32. The molecule has 0 spiro atoms. The second kappa shape index (κ2) is 40.0. The molecule has 4 N–H and O–H groups in total. The van der Waals surface area contributed by atoms with Crippen LogP contribution in [-0.2, 0) is 38.7 Å². The molecule has 12 nitrogen and oxygen atoms in total. The molecule has 0 aliphatic carbocycles. The van der Waals surface area contributed by atoms with E-state index in [-0.39, 0.29) is 19.4 Å². The van der Waals surface area contributed by atoms with Crippen LogP contribution in [0.15, 0.2) is 0 Å². The van der Waals surface area contributed by atoms with E-state index in [4.69, 9.17) is 18.9 Å². The maximum atomic E-state index is 12.8. The van der Waals surface area contributed by atoms with Crippen molar-refractivity contribution in [3.63, 3.8) is 0 Å². The molecule has 0 radical (unpaired) electrons. The molecule has 1 aliphatic rings. The standard InChI is InChI=1S/C49H94O12S/c1-3-5-7-9-11-13-15-16-17-18-19-20-21-22-23-24-25-26-27-28-30-32-34-36-38-45(51)60-42(39-58-44(50)37-35-33-31-29-14-12-10-8-6-4-2)40-59-49-48(54)47(53)46(52)43(61-49)41-62(55,56)57/h42-43,46-49,52-54H,3-41H2,1-2H3,(H,55,56,57). The fourth-order valence-electron chi connectivity index (χ4n) is 8.21. The van der Waals surface area contributed by atoms with Gasteiger partial charge >= 0.3 is 11.9 Å². The van der Waals surface area contributed by atoms with E-state index in [1.165, 1.54) is 167 Å². The van der Waals surface area contributed by atoms with Gasteiger partial charge in [0.05, 0.1) is 6.61 Å². The highest BCUT2D eigenvalue weighted by molar-refractivity contribution is 7.85. The maximum absolute atomic E-state index is 12.8. The summed E-state index contributed by atoms with van der Waals surface area (Å²) in [4.78, 5) is 25.4. The second-order valence-electron chi connectivity index (χ2n) is 18.2. The zero-order chi connectivity index (χ0) is 45.5. The topological polar surface area (TPSA) is 186 Å². The highest BCUT2D eigenvalue weighted by Crippen LogP contribution is 2.24. The predicted molar refractivity (Wildman–Crippen MR) is 247 cm³/mol. The van der Waals surface area contributed by atoms with Crippen molar-refractivity contribution in [3.05, 3.63) is 0 Å². The molecule has 1 fully saturated rings. The van der Waals surface area contributed by atoms with Crippen LogP contribution in [0.1, 0.15) is 245 Å². The Kier molecular flexibility index (Phi) is 37.8. The number of hydrogen-bond acceptors (Lipinski definition) is 11. The predicted octanol–water partition coefficient (Wildman–Crippen LogP) is 11.2. The van der Waals surface area contributed by atoms with Crippen molar-refractivity contribution in [2.24, 2.45) is 0 Å². The van der Waals surface area contributed by atoms with Crippen LogP contribution >= 0.6 is 0 Å². The van der Waals surface area contributed by atoms with E-state index in [0.717, 1.165) is 38.5 Å². The van der Waals surface area contributed by atoms with Gasteiger partial charge in [0.15, 0.2) is 12.4 Å². The number of ether oxygens (including phenoxy) is 4. The first-order valence-electron chi connectivity index (χ1n) is 25.6. The van der Waals surface area contributed by atoms with Gasteiger partial charge in [-0.15, -0.1) is 0 Å². The largest absolute Gasteiger partial charge is 0.462 e. The first-order chi connectivity index (χ1) is 30.0. The number of hydrogen-bond donors (Lipinski definition) is 4. The third-order valence-corrected chi connectivity index (χ3v) is 12.9. The van der Waals surface area contributed by atoms with E-state index in [1.54, 1.807) is 0 Å². The van der Waals surface area contributed by atoms with Crippen LogP contribution in [-0.4, -0.2) is 96.0 Å². The molecule has 6 atom stereocenters. The van der Waals surface area contributed by atoms with Crippen LogP contribution in [0.2, 0.25) is 0 Å². The van der Waals surface area contributed by atoms with E-state index >= 15 is 0 Å². The normalized spacial score (nSPS) is 19.7. The van der Waals surface area contributed by atoms with E-state index in [9.17, 15) is 37.9 Å². The van der Waals surface area contributed by atoms with Crippen molar-refractivity contribution in [2.45, 2.75) is 282 Å². The van der Waals surface area contributed by atoms with E-state index in [0.29, 0.717) is 12.8 Å². The van der Waals surface area contributed by atoms with Crippen LogP contribution in [0.25, 0.3) is 0 Å². The lowest BCUT2D eigenvalue weighted by Crippen LogP contribution is -2.60. The summed E-state index contributed by atoms with van der Waals surface area (Å²) in [6.45, 7) is 3.78. The highest BCUT2D eigenvalue weighted by Gasteiger charge is 2.46. The molecule has 13 heteroatoms. The molecule has 0 bridgehead atoms. The van der Waals surface area contributed by atoms with Gasteiger partial charge in [0.2, 0.25) is 0 Å². The summed E-state index contributed by atoms with van der Waals surface area (Å²) in [5, 5.41) is 30.9. The van der Waals surface area contributed by atoms with Crippen LogP contribution in [0, 0.1) is 0 Å². The van der Waals surface area contributed by atoms with Gasteiger partial charge < -0.3 is 34.3 Å². The third kappa shape index (κ3) is 34.1. The van der Waals surface area contributed by atoms with Gasteiger partial charge in [-0.2, -0.15) is 8.42 Å². The summed E-state index contributed by atoms with van der Waals surface area (Å²) in [5.74, 6) is -1.96. The summed E-state index contributed by atoms with van der Waals surface area (Å²) >= 11 is 0. The molecule has 0 amide bonds. The molecule has 0 aromatic rings. The second-order valence-corrected chi connectivity index (χ2v) is 19.7. The number of esters is 2. The van der Waals surface area contributed by atoms with Crippen LogP contribution in [0.3, 0.4) is 0 Å². The number of carbonyl (C=O) groups is 2. The van der Waals surface area contributed by atoms with Crippen molar-refractivity contribution >= 4 is 22.1 Å². The molecule has 1 rings (SSSR count). The Morgan fingerprint density at radius 2 is 0.823 bits per heavy atom. The Morgan fingerprint density at radius 1 is 0.484 bits per heavy atom. The molecule has 0 saturated carbocycles. The molecule has 1 aliphatic heterocycles. The molecule has 0 aromatic heterocycles. The van der Waals surface area contributed by atoms with Gasteiger partial charge in [0.1, 0.15) is 36.8 Å². The highest BCUT2D eigenvalue weighted by atomic mass is 32.2. The molecule has 0 aromatic carbocycles. The molecule has 1 saturated heterocycles. The minimum Gasteiger partial charge on any atom is -0.462 e. The minimum atomic E-state index is -4.60. The summed E-state index contributed by atoms with van der Waals surface area (Å²) in [7, 11) is -4.60. The fraction of sp³-hybridized carbons (Fsp3) is 0.959. The third-order valence-electron chi connectivity index (χ3n) is 12.2. The summed E-state index contributed by atoms with van der Waals surface area (Å²) in [5.41, 5.74) is 0. The molecule has 62 heavy (non-hydrogen) atoms. The monoisotopic (exact) mass is 907 g/mol. The Labute approximate surface area is 378 Å². The average Bonchev–Trinajstić information content (AvgIpc) is 3.24. The Morgan fingerprint density at radius 3 is 1.18 bits per heavy atom. The van der Waals surface area contributed by atoms with Crippen molar-refractivity contribution in [2.75, 3.05) is 19.0 Å². The Bertz CT molecular complexity index is 1150. The first-order valence-corrected chi connectivity index (χ1v) is 27.2. The van der Waals surface area contributed by atoms with Crippen LogP contribution in [0.5, 0.6) is 0 Å². The summed E-state index contributed by atoms with van der Waals surface area (Å²) < 4.78 is 54.1. The van der Waals surface area contributed by atoms with Crippen LogP contribution in [0.4, 0.5) is 0 Å². The lowest BCUT2D eigenvalue weighted by molar-refractivity contribution is -0.297. The van der Waals surface area contributed by atoms with E-state index in [2.05, 4.69) is 13.8 Å². The summed E-state index contributed by atoms with van der Waals surface area (Å²) in [6.07, 6.45) is 33.1. The lowest BCUT2D eigenvalue weighted by atomic mass is 10.00. The minimum absolute atomic E-state index is 0.173. The van der Waals surface area contributed by atoms with Gasteiger partial charge in [0.25, 0.3) is 10.1 Å². The van der Waals surface area contributed by atoms with Crippen molar-refractivity contribution in [1.29, 1.82) is 0 Å². The molecule has 6 unspecified atom stereocenters. The molecule has 1 heterocycles. The average molecular weight is 907 g/mol. The quantitative estimate of drug-likeness (QED) is 0.0258. The van der Waals surface area contributed by atoms with Gasteiger partial charge in [-0.1, -0.05) is 219 Å². The number of aliphatic hydroxyl groups excluding tert-OH is 3. The van der Waals surface area contributed by atoms with Crippen molar-refractivity contribution < 1.29 is 56.8 Å². The maximum Gasteiger partial charge on any atom is 0.306 e. The zero-order valence-corrected chi connectivity index (χ0v) is 40.3. The van der Waals surface area contributed by atoms with Gasteiger partial charge in [0, 0.05) is 12.8 Å². The fourth-order valence-corrected chi connectivity index (χ4v) is 8.90. The zero-order valence-electron chi connectivity index (χ0n) is 39.5. The van der Waals surface area contributed by atoms with E-state index < -0.39 is 71.2 Å². The first kappa shape index (κ1) is 58.7.